The maximum absolute atomic E-state index is 12.2. The molecule has 1 aromatic rings. The molecule has 0 aromatic heterocycles. The standard InChI is InChI=1S/C16H21F3N4O/c1-23(10-16(17,18)19)14(24)9-21-15(20)22-13-8-4-6-11-5-2-3-7-12(11)13/h4,6,8H,2-3,5,7,9-10H2,1H3,(H3,20,21,22). The number of carbonyl (C=O) groups excluding carboxylic acids is 1. The van der Waals surface area contributed by atoms with Gasteiger partial charge in [-0.25, -0.2) is 4.99 Å². The minimum atomic E-state index is -4.43. The number of anilines is 1. The topological polar surface area (TPSA) is 70.7 Å². The van der Waals surface area contributed by atoms with Gasteiger partial charge in [0.05, 0.1) is 0 Å². The molecule has 1 aliphatic carbocycles. The molecule has 5 nitrogen and oxygen atoms in total. The summed E-state index contributed by atoms with van der Waals surface area (Å²) < 4.78 is 36.7. The number of rotatable bonds is 4. The number of hydrogen-bond acceptors (Lipinski definition) is 2. The summed E-state index contributed by atoms with van der Waals surface area (Å²) in [6.07, 6.45) is -0.216. The summed E-state index contributed by atoms with van der Waals surface area (Å²) in [6.45, 7) is -1.73. The monoisotopic (exact) mass is 342 g/mol. The number of hydrogen-bond donors (Lipinski definition) is 2. The summed E-state index contributed by atoms with van der Waals surface area (Å²) in [5, 5.41) is 2.95. The molecule has 8 heteroatoms. The summed E-state index contributed by atoms with van der Waals surface area (Å²) >= 11 is 0. The predicted octanol–water partition coefficient (Wildman–Crippen LogP) is 2.31. The van der Waals surface area contributed by atoms with Crippen molar-refractivity contribution >= 4 is 17.6 Å². The summed E-state index contributed by atoms with van der Waals surface area (Å²) in [7, 11) is 1.09. The first-order chi connectivity index (χ1) is 11.3. The van der Waals surface area contributed by atoms with Crippen LogP contribution in [0.25, 0.3) is 0 Å². The van der Waals surface area contributed by atoms with E-state index in [0.717, 1.165) is 38.4 Å². The number of carbonyl (C=O) groups is 1. The number of guanidine groups is 1. The maximum Gasteiger partial charge on any atom is 0.406 e. The summed E-state index contributed by atoms with van der Waals surface area (Å²) in [5.41, 5.74) is 9.04. The fraction of sp³-hybridized carbons (Fsp3) is 0.500. The molecule has 0 bridgehead atoms. The van der Waals surface area contributed by atoms with Crippen LogP contribution in [-0.4, -0.2) is 43.1 Å². The first-order valence-corrected chi connectivity index (χ1v) is 7.74. The van der Waals surface area contributed by atoms with Gasteiger partial charge in [-0.15, -0.1) is 0 Å². The molecule has 1 amide bonds. The Kier molecular flexibility index (Phi) is 5.69. The van der Waals surface area contributed by atoms with Crippen LogP contribution in [0.5, 0.6) is 0 Å². The number of alkyl halides is 3. The lowest BCUT2D eigenvalue weighted by molar-refractivity contribution is -0.157. The molecule has 0 unspecified atom stereocenters. The van der Waals surface area contributed by atoms with Crippen molar-refractivity contribution in [2.24, 2.45) is 10.7 Å². The van der Waals surface area contributed by atoms with E-state index in [9.17, 15) is 18.0 Å². The van der Waals surface area contributed by atoms with Crippen molar-refractivity contribution in [3.8, 4) is 0 Å². The molecule has 0 aliphatic heterocycles. The van der Waals surface area contributed by atoms with Crippen LogP contribution in [0.15, 0.2) is 23.2 Å². The van der Waals surface area contributed by atoms with E-state index < -0.39 is 25.2 Å². The number of benzene rings is 1. The van der Waals surface area contributed by atoms with E-state index in [-0.39, 0.29) is 5.96 Å². The molecular formula is C16H21F3N4O. The Morgan fingerprint density at radius 1 is 1.33 bits per heavy atom. The van der Waals surface area contributed by atoms with E-state index in [1.54, 1.807) is 0 Å². The molecule has 0 atom stereocenters. The molecule has 0 saturated carbocycles. The van der Waals surface area contributed by atoms with Crippen molar-refractivity contribution in [1.82, 2.24) is 4.90 Å². The highest BCUT2D eigenvalue weighted by Crippen LogP contribution is 2.27. The van der Waals surface area contributed by atoms with Crippen molar-refractivity contribution in [2.75, 3.05) is 25.5 Å². The van der Waals surface area contributed by atoms with E-state index in [4.69, 9.17) is 5.73 Å². The minimum absolute atomic E-state index is 0.0164. The fourth-order valence-electron chi connectivity index (χ4n) is 2.71. The number of aliphatic imine (C=N–C) groups is 1. The van der Waals surface area contributed by atoms with E-state index in [1.807, 2.05) is 12.1 Å². The highest BCUT2D eigenvalue weighted by atomic mass is 19.4. The number of nitrogens with zero attached hydrogens (tertiary/aromatic N) is 2. The lowest BCUT2D eigenvalue weighted by Gasteiger charge is -2.20. The van der Waals surface area contributed by atoms with Gasteiger partial charge in [0.25, 0.3) is 0 Å². The third-order valence-corrected chi connectivity index (χ3v) is 3.89. The second-order valence-corrected chi connectivity index (χ2v) is 5.84. The molecule has 3 N–H and O–H groups in total. The number of amides is 1. The van der Waals surface area contributed by atoms with Crippen LogP contribution in [0.1, 0.15) is 24.0 Å². The highest BCUT2D eigenvalue weighted by Gasteiger charge is 2.31. The number of halogens is 3. The van der Waals surface area contributed by atoms with Crippen LogP contribution >= 0.6 is 0 Å². The van der Waals surface area contributed by atoms with Crippen molar-refractivity contribution in [3.63, 3.8) is 0 Å². The first kappa shape index (κ1) is 18.1. The van der Waals surface area contributed by atoms with Gasteiger partial charge < -0.3 is 16.0 Å². The van der Waals surface area contributed by atoms with Crippen LogP contribution in [0, 0.1) is 0 Å². The smallest absolute Gasteiger partial charge is 0.370 e. The molecule has 0 spiro atoms. The van der Waals surface area contributed by atoms with Crippen molar-refractivity contribution in [2.45, 2.75) is 31.9 Å². The summed E-state index contributed by atoms with van der Waals surface area (Å²) in [6, 6.07) is 5.87. The molecular weight excluding hydrogens is 321 g/mol. The third kappa shape index (κ3) is 5.14. The number of nitrogens with one attached hydrogen (secondary N) is 1. The second-order valence-electron chi connectivity index (χ2n) is 5.84. The Morgan fingerprint density at radius 3 is 2.75 bits per heavy atom. The Morgan fingerprint density at radius 2 is 2.04 bits per heavy atom. The summed E-state index contributed by atoms with van der Waals surface area (Å²) in [4.78, 5) is 16.1. The average molecular weight is 342 g/mol. The molecule has 1 aliphatic rings. The Hall–Kier alpha value is -2.25. The maximum atomic E-state index is 12.2. The van der Waals surface area contributed by atoms with Gasteiger partial charge in [0.2, 0.25) is 5.91 Å². The van der Waals surface area contributed by atoms with Crippen LogP contribution in [0.2, 0.25) is 0 Å². The van der Waals surface area contributed by atoms with Gasteiger partial charge in [-0.2, -0.15) is 13.2 Å². The number of likely N-dealkylation sites (N-methyl/N-ethyl adjacent to an activating group) is 1. The molecule has 2 rings (SSSR count). The van der Waals surface area contributed by atoms with Crippen LogP contribution in [0.3, 0.4) is 0 Å². The quantitative estimate of drug-likeness (QED) is 0.652. The van der Waals surface area contributed by atoms with Gasteiger partial charge >= 0.3 is 6.18 Å². The van der Waals surface area contributed by atoms with Gasteiger partial charge in [-0.1, -0.05) is 12.1 Å². The lowest BCUT2D eigenvalue weighted by atomic mass is 9.90. The first-order valence-electron chi connectivity index (χ1n) is 7.74. The van der Waals surface area contributed by atoms with Gasteiger partial charge in [0.15, 0.2) is 5.96 Å². The van der Waals surface area contributed by atoms with Crippen LogP contribution in [-0.2, 0) is 17.6 Å². The zero-order valence-electron chi connectivity index (χ0n) is 13.5. The minimum Gasteiger partial charge on any atom is -0.370 e. The van der Waals surface area contributed by atoms with E-state index in [2.05, 4.69) is 16.4 Å². The van der Waals surface area contributed by atoms with E-state index in [1.165, 1.54) is 11.1 Å². The molecule has 132 valence electrons. The van der Waals surface area contributed by atoms with E-state index >= 15 is 0 Å². The van der Waals surface area contributed by atoms with Crippen molar-refractivity contribution in [3.05, 3.63) is 29.3 Å². The molecule has 0 saturated heterocycles. The molecule has 0 radical (unpaired) electrons. The van der Waals surface area contributed by atoms with Crippen LogP contribution < -0.4 is 11.1 Å². The van der Waals surface area contributed by atoms with Crippen molar-refractivity contribution < 1.29 is 18.0 Å². The molecule has 0 heterocycles. The Bertz CT molecular complexity index is 628. The normalized spacial score (nSPS) is 14.9. The fourth-order valence-corrected chi connectivity index (χ4v) is 2.71. The molecule has 0 fully saturated rings. The molecule has 1 aromatic carbocycles. The largest absolute Gasteiger partial charge is 0.406 e. The predicted molar refractivity (Wildman–Crippen MR) is 86.9 cm³/mol. The van der Waals surface area contributed by atoms with E-state index in [0.29, 0.717) is 4.90 Å². The lowest BCUT2D eigenvalue weighted by Crippen LogP contribution is -2.37. The second kappa shape index (κ2) is 7.55. The van der Waals surface area contributed by atoms with Gasteiger partial charge in [-0.05, 0) is 42.9 Å². The highest BCUT2D eigenvalue weighted by molar-refractivity contribution is 5.94. The third-order valence-electron chi connectivity index (χ3n) is 3.89. The number of aryl methyl sites for hydroxylation is 1. The Balaban J connectivity index is 1.96. The molecule has 24 heavy (non-hydrogen) atoms. The van der Waals surface area contributed by atoms with Gasteiger partial charge in [-0.3, -0.25) is 4.79 Å². The zero-order chi connectivity index (χ0) is 17.7. The number of nitrogens with two attached hydrogens (primary N) is 1. The SMILES string of the molecule is CN(CC(F)(F)F)C(=O)CN=C(N)Nc1cccc2c1CCCC2. The number of fused-ring (bicyclic) bond motifs is 1. The Labute approximate surface area is 138 Å². The van der Waals surface area contributed by atoms with Gasteiger partial charge in [0, 0.05) is 12.7 Å². The van der Waals surface area contributed by atoms with Crippen molar-refractivity contribution in [1.29, 1.82) is 0 Å². The average Bonchev–Trinajstić information content (AvgIpc) is 2.51. The summed E-state index contributed by atoms with van der Waals surface area (Å²) in [5.74, 6) is -0.727. The zero-order valence-corrected chi connectivity index (χ0v) is 13.5. The van der Waals surface area contributed by atoms with Gasteiger partial charge in [0.1, 0.15) is 13.1 Å². The van der Waals surface area contributed by atoms with Crippen LogP contribution in [0.4, 0.5) is 18.9 Å².